The summed E-state index contributed by atoms with van der Waals surface area (Å²) in [6.45, 7) is 2.18. The van der Waals surface area contributed by atoms with E-state index in [1.54, 1.807) is 6.07 Å². The number of halogens is 2. The van der Waals surface area contributed by atoms with Crippen molar-refractivity contribution in [2.45, 2.75) is 19.4 Å². The fourth-order valence-corrected chi connectivity index (χ4v) is 3.89. The van der Waals surface area contributed by atoms with Crippen molar-refractivity contribution in [3.05, 3.63) is 65.9 Å². The fourth-order valence-electron chi connectivity index (χ4n) is 3.89. The molecule has 31 heavy (non-hydrogen) atoms. The van der Waals surface area contributed by atoms with Gasteiger partial charge >= 0.3 is 0 Å². The molecule has 0 saturated heterocycles. The lowest BCUT2D eigenvalue weighted by Gasteiger charge is -2.37. The number of hydrogen-bond donors (Lipinski definition) is 2. The van der Waals surface area contributed by atoms with Gasteiger partial charge in [0.25, 0.3) is 0 Å². The minimum Gasteiger partial charge on any atom is -0.488 e. The summed E-state index contributed by atoms with van der Waals surface area (Å²) in [5.74, 6) is 0.188. The van der Waals surface area contributed by atoms with Gasteiger partial charge in [0, 0.05) is 12.3 Å². The Morgan fingerprint density at radius 2 is 2.10 bits per heavy atom. The second-order valence-corrected chi connectivity index (χ2v) is 7.42. The first-order valence-electron chi connectivity index (χ1n) is 10.0. The SMILES string of the molecule is CCc1ccc(N2c3cccc(-c4nc5c(F)cc(F)cc5[nH]4)c3OCC2CO)nc1. The monoisotopic (exact) mass is 422 g/mol. The summed E-state index contributed by atoms with van der Waals surface area (Å²) in [5.41, 5.74) is 2.77. The van der Waals surface area contributed by atoms with Crippen molar-refractivity contribution in [3.63, 3.8) is 0 Å². The largest absolute Gasteiger partial charge is 0.488 e. The predicted molar refractivity (Wildman–Crippen MR) is 114 cm³/mol. The normalized spacial score (nSPS) is 15.7. The van der Waals surface area contributed by atoms with Gasteiger partial charge in [-0.2, -0.15) is 0 Å². The van der Waals surface area contributed by atoms with Crippen LogP contribution in [-0.2, 0) is 6.42 Å². The van der Waals surface area contributed by atoms with Crippen molar-refractivity contribution in [1.82, 2.24) is 15.0 Å². The summed E-state index contributed by atoms with van der Waals surface area (Å²) >= 11 is 0. The highest BCUT2D eigenvalue weighted by molar-refractivity contribution is 5.85. The van der Waals surface area contributed by atoms with Crippen LogP contribution in [0.2, 0.25) is 0 Å². The number of benzene rings is 2. The van der Waals surface area contributed by atoms with Gasteiger partial charge in [0.05, 0.1) is 29.4 Å². The van der Waals surface area contributed by atoms with Gasteiger partial charge < -0.3 is 19.7 Å². The highest BCUT2D eigenvalue weighted by atomic mass is 19.1. The number of aromatic amines is 1. The van der Waals surface area contributed by atoms with Crippen LogP contribution < -0.4 is 9.64 Å². The number of pyridine rings is 1. The number of nitrogens with one attached hydrogen (secondary N) is 1. The molecule has 1 unspecified atom stereocenters. The third-order valence-corrected chi connectivity index (χ3v) is 5.47. The molecule has 0 amide bonds. The molecule has 2 N–H and O–H groups in total. The molecule has 0 saturated carbocycles. The van der Waals surface area contributed by atoms with Gasteiger partial charge in [-0.1, -0.05) is 19.1 Å². The van der Waals surface area contributed by atoms with Crippen LogP contribution in [0, 0.1) is 11.6 Å². The van der Waals surface area contributed by atoms with Gasteiger partial charge in [-0.25, -0.2) is 18.7 Å². The van der Waals surface area contributed by atoms with Gasteiger partial charge in [-0.3, -0.25) is 0 Å². The molecule has 6 nitrogen and oxygen atoms in total. The average molecular weight is 422 g/mol. The van der Waals surface area contributed by atoms with Crippen molar-refractivity contribution in [3.8, 4) is 17.1 Å². The molecule has 158 valence electrons. The molecule has 0 radical (unpaired) electrons. The zero-order chi connectivity index (χ0) is 21.5. The molecular formula is C23H20F2N4O2. The number of rotatable bonds is 4. The summed E-state index contributed by atoms with van der Waals surface area (Å²) in [6.07, 6.45) is 2.70. The standard InChI is InChI=1S/C23H20F2N4O2/c1-2-13-6-7-20(26-10-13)29-15(11-30)12-31-22-16(4-3-5-19(22)29)23-27-18-9-14(24)8-17(25)21(18)28-23/h3-10,15,30H,2,11-12H2,1H3,(H,27,28). The molecule has 0 spiro atoms. The number of aromatic nitrogens is 3. The molecule has 0 bridgehead atoms. The summed E-state index contributed by atoms with van der Waals surface area (Å²) in [6, 6.07) is 11.1. The molecule has 8 heteroatoms. The van der Waals surface area contributed by atoms with Gasteiger partial charge in [-0.15, -0.1) is 0 Å². The first kappa shape index (κ1) is 19.4. The maximum atomic E-state index is 14.2. The Balaban J connectivity index is 1.64. The van der Waals surface area contributed by atoms with E-state index in [-0.39, 0.29) is 30.3 Å². The predicted octanol–water partition coefficient (Wildman–Crippen LogP) is 4.36. The van der Waals surface area contributed by atoms with Crippen LogP contribution >= 0.6 is 0 Å². The molecule has 1 aliphatic rings. The lowest BCUT2D eigenvalue weighted by Crippen LogP contribution is -2.43. The fraction of sp³-hybridized carbons (Fsp3) is 0.217. The molecular weight excluding hydrogens is 402 g/mol. The number of fused-ring (bicyclic) bond motifs is 2. The summed E-state index contributed by atoms with van der Waals surface area (Å²) in [5, 5.41) is 9.94. The Kier molecular flexibility index (Phi) is 4.78. The quantitative estimate of drug-likeness (QED) is 0.511. The second kappa shape index (κ2) is 7.63. The third-order valence-electron chi connectivity index (χ3n) is 5.47. The van der Waals surface area contributed by atoms with Crippen molar-refractivity contribution >= 4 is 22.5 Å². The first-order chi connectivity index (χ1) is 15.1. The summed E-state index contributed by atoms with van der Waals surface area (Å²) < 4.78 is 33.8. The smallest absolute Gasteiger partial charge is 0.154 e. The van der Waals surface area contributed by atoms with E-state index in [9.17, 15) is 13.9 Å². The lowest BCUT2D eigenvalue weighted by atomic mass is 10.1. The number of aliphatic hydroxyl groups excluding tert-OH is 1. The van der Waals surface area contributed by atoms with Crippen LogP contribution in [0.25, 0.3) is 22.4 Å². The topological polar surface area (TPSA) is 74.3 Å². The molecule has 0 aliphatic carbocycles. The van der Waals surface area contributed by atoms with E-state index in [2.05, 4.69) is 21.9 Å². The maximum Gasteiger partial charge on any atom is 0.154 e. The van der Waals surface area contributed by atoms with Gasteiger partial charge in [0.2, 0.25) is 0 Å². The van der Waals surface area contributed by atoms with Crippen LogP contribution in [0.3, 0.4) is 0 Å². The van der Waals surface area contributed by atoms with Crippen molar-refractivity contribution in [2.75, 3.05) is 18.1 Å². The van der Waals surface area contributed by atoms with Gasteiger partial charge in [0.1, 0.15) is 29.6 Å². The van der Waals surface area contributed by atoms with Gasteiger partial charge in [0.15, 0.2) is 11.6 Å². The van der Waals surface area contributed by atoms with E-state index in [1.165, 1.54) is 6.07 Å². The van der Waals surface area contributed by atoms with Crippen molar-refractivity contribution in [1.29, 1.82) is 0 Å². The molecule has 2 aromatic carbocycles. The number of anilines is 2. The second-order valence-electron chi connectivity index (χ2n) is 7.42. The van der Waals surface area contributed by atoms with Crippen LogP contribution in [0.15, 0.2) is 48.7 Å². The highest BCUT2D eigenvalue weighted by Gasteiger charge is 2.31. The van der Waals surface area contributed by atoms with E-state index in [1.807, 2.05) is 35.4 Å². The van der Waals surface area contributed by atoms with E-state index in [0.717, 1.165) is 18.1 Å². The molecule has 5 rings (SSSR count). The minimum atomic E-state index is -0.731. The van der Waals surface area contributed by atoms with E-state index in [0.29, 0.717) is 28.6 Å². The number of imidazole rings is 1. The number of hydrogen-bond acceptors (Lipinski definition) is 5. The number of aryl methyl sites for hydroxylation is 1. The Morgan fingerprint density at radius 1 is 1.23 bits per heavy atom. The van der Waals surface area contributed by atoms with E-state index >= 15 is 0 Å². The Bertz CT molecular complexity index is 1260. The number of aliphatic hydroxyl groups is 1. The van der Waals surface area contributed by atoms with Crippen LogP contribution in [0.1, 0.15) is 12.5 Å². The summed E-state index contributed by atoms with van der Waals surface area (Å²) in [7, 11) is 0. The molecule has 2 aromatic heterocycles. The van der Waals surface area contributed by atoms with E-state index in [4.69, 9.17) is 4.74 Å². The van der Waals surface area contributed by atoms with Crippen LogP contribution in [-0.4, -0.2) is 39.3 Å². The Hall–Kier alpha value is -3.52. The number of H-pyrrole nitrogens is 1. The minimum absolute atomic E-state index is 0.0618. The van der Waals surface area contributed by atoms with Crippen molar-refractivity contribution < 1.29 is 18.6 Å². The molecule has 1 aliphatic heterocycles. The zero-order valence-corrected chi connectivity index (χ0v) is 16.8. The van der Waals surface area contributed by atoms with Crippen LogP contribution in [0.5, 0.6) is 5.75 Å². The molecule has 4 aromatic rings. The average Bonchev–Trinajstić information content (AvgIpc) is 3.22. The Labute approximate surface area is 177 Å². The highest BCUT2D eigenvalue weighted by Crippen LogP contribution is 2.44. The molecule has 0 fully saturated rings. The summed E-state index contributed by atoms with van der Waals surface area (Å²) in [4.78, 5) is 13.8. The van der Waals surface area contributed by atoms with E-state index < -0.39 is 11.6 Å². The zero-order valence-electron chi connectivity index (χ0n) is 16.8. The molecule has 3 heterocycles. The van der Waals surface area contributed by atoms with Gasteiger partial charge in [-0.05, 0) is 36.2 Å². The third kappa shape index (κ3) is 3.29. The number of ether oxygens (including phenoxy) is 1. The number of nitrogens with zero attached hydrogens (tertiary/aromatic N) is 3. The molecule has 1 atom stereocenters. The maximum absolute atomic E-state index is 14.2. The number of para-hydroxylation sites is 1. The first-order valence-corrected chi connectivity index (χ1v) is 10.0. The van der Waals surface area contributed by atoms with Crippen molar-refractivity contribution in [2.24, 2.45) is 0 Å². The lowest BCUT2D eigenvalue weighted by molar-refractivity contribution is 0.195. The van der Waals surface area contributed by atoms with Crippen LogP contribution in [0.4, 0.5) is 20.3 Å². The Morgan fingerprint density at radius 3 is 2.84 bits per heavy atom.